The summed E-state index contributed by atoms with van der Waals surface area (Å²) in [5.74, 6) is 0. The highest BCUT2D eigenvalue weighted by molar-refractivity contribution is 5.89. The predicted molar refractivity (Wildman–Crippen MR) is 56.5 cm³/mol. The molecule has 1 aromatic rings. The van der Waals surface area contributed by atoms with Gasteiger partial charge in [0.15, 0.2) is 0 Å². The standard InChI is InChI=1S/C11H14N2O/c1-12-11(14)13-10-6-5-8-3-2-4-9(8)7-10/h5-7H,2-4H2,1H3,(H2,12,13,14). The number of carbonyl (C=O) groups is 1. The van der Waals surface area contributed by atoms with Gasteiger partial charge in [-0.25, -0.2) is 4.79 Å². The molecule has 0 fully saturated rings. The fourth-order valence-electron chi connectivity index (χ4n) is 1.84. The van der Waals surface area contributed by atoms with Crippen LogP contribution in [0.5, 0.6) is 0 Å². The van der Waals surface area contributed by atoms with Crippen LogP contribution in [0.2, 0.25) is 0 Å². The van der Waals surface area contributed by atoms with Crippen LogP contribution in [0.25, 0.3) is 0 Å². The average Bonchev–Trinajstić information content (AvgIpc) is 2.64. The molecule has 1 aliphatic rings. The highest BCUT2D eigenvalue weighted by Gasteiger charge is 2.11. The smallest absolute Gasteiger partial charge is 0.318 e. The van der Waals surface area contributed by atoms with Gasteiger partial charge in [-0.1, -0.05) is 6.07 Å². The van der Waals surface area contributed by atoms with Crippen molar-refractivity contribution in [2.24, 2.45) is 0 Å². The summed E-state index contributed by atoms with van der Waals surface area (Å²) in [6.45, 7) is 0. The summed E-state index contributed by atoms with van der Waals surface area (Å²) in [6, 6.07) is 5.97. The summed E-state index contributed by atoms with van der Waals surface area (Å²) in [4.78, 5) is 11.1. The third kappa shape index (κ3) is 1.71. The van der Waals surface area contributed by atoms with E-state index in [1.54, 1.807) is 7.05 Å². The van der Waals surface area contributed by atoms with Gasteiger partial charge in [0.1, 0.15) is 0 Å². The van der Waals surface area contributed by atoms with E-state index in [1.165, 1.54) is 24.0 Å². The molecule has 3 heteroatoms. The average molecular weight is 190 g/mol. The molecule has 0 spiro atoms. The lowest BCUT2D eigenvalue weighted by molar-refractivity contribution is 0.254. The molecule has 1 aromatic carbocycles. The third-order valence-corrected chi connectivity index (χ3v) is 2.58. The second-order valence-electron chi connectivity index (χ2n) is 3.54. The minimum absolute atomic E-state index is 0.164. The van der Waals surface area contributed by atoms with Crippen LogP contribution in [-0.2, 0) is 12.8 Å². The molecule has 0 bridgehead atoms. The van der Waals surface area contributed by atoms with Crippen molar-refractivity contribution < 1.29 is 4.79 Å². The molecule has 0 radical (unpaired) electrons. The minimum atomic E-state index is -0.164. The van der Waals surface area contributed by atoms with Gasteiger partial charge in [-0.3, -0.25) is 0 Å². The zero-order valence-electron chi connectivity index (χ0n) is 8.26. The first-order valence-electron chi connectivity index (χ1n) is 4.90. The summed E-state index contributed by atoms with van der Waals surface area (Å²) in [7, 11) is 1.61. The van der Waals surface area contributed by atoms with E-state index in [0.717, 1.165) is 12.1 Å². The van der Waals surface area contributed by atoms with Crippen molar-refractivity contribution in [1.82, 2.24) is 5.32 Å². The highest BCUT2D eigenvalue weighted by atomic mass is 16.2. The van der Waals surface area contributed by atoms with Crippen LogP contribution >= 0.6 is 0 Å². The number of aryl methyl sites for hydroxylation is 2. The summed E-state index contributed by atoms with van der Waals surface area (Å²) in [5.41, 5.74) is 3.68. The largest absolute Gasteiger partial charge is 0.341 e. The van der Waals surface area contributed by atoms with E-state index in [1.807, 2.05) is 6.07 Å². The van der Waals surface area contributed by atoms with Crippen molar-refractivity contribution >= 4 is 11.7 Å². The second kappa shape index (κ2) is 3.70. The van der Waals surface area contributed by atoms with Crippen LogP contribution in [-0.4, -0.2) is 13.1 Å². The Hall–Kier alpha value is -1.51. The predicted octanol–water partition coefficient (Wildman–Crippen LogP) is 1.93. The lowest BCUT2D eigenvalue weighted by Crippen LogP contribution is -2.24. The molecule has 2 amide bonds. The molecule has 0 aromatic heterocycles. The van der Waals surface area contributed by atoms with E-state index in [2.05, 4.69) is 22.8 Å². The number of nitrogens with one attached hydrogen (secondary N) is 2. The molecule has 0 saturated heterocycles. The van der Waals surface area contributed by atoms with Gasteiger partial charge in [-0.05, 0) is 42.5 Å². The van der Waals surface area contributed by atoms with Crippen LogP contribution in [0.3, 0.4) is 0 Å². The summed E-state index contributed by atoms with van der Waals surface area (Å²) in [5, 5.41) is 5.30. The van der Waals surface area contributed by atoms with Crippen molar-refractivity contribution in [2.45, 2.75) is 19.3 Å². The lowest BCUT2D eigenvalue weighted by atomic mass is 10.1. The SMILES string of the molecule is CNC(=O)Nc1ccc2c(c1)CCC2. The van der Waals surface area contributed by atoms with Crippen molar-refractivity contribution in [2.75, 3.05) is 12.4 Å². The second-order valence-corrected chi connectivity index (χ2v) is 3.54. The number of hydrogen-bond donors (Lipinski definition) is 2. The Balaban J connectivity index is 2.16. The number of amides is 2. The molecular weight excluding hydrogens is 176 g/mol. The fourth-order valence-corrected chi connectivity index (χ4v) is 1.84. The molecule has 74 valence electrons. The first kappa shape index (κ1) is 9.06. The highest BCUT2D eigenvalue weighted by Crippen LogP contribution is 2.24. The Morgan fingerprint density at radius 2 is 2.07 bits per heavy atom. The number of benzene rings is 1. The van der Waals surface area contributed by atoms with Crippen LogP contribution in [0.15, 0.2) is 18.2 Å². The summed E-state index contributed by atoms with van der Waals surface area (Å²) >= 11 is 0. The van der Waals surface area contributed by atoms with Crippen molar-refractivity contribution in [3.63, 3.8) is 0 Å². The van der Waals surface area contributed by atoms with Gasteiger partial charge < -0.3 is 10.6 Å². The first-order chi connectivity index (χ1) is 6.79. The number of rotatable bonds is 1. The zero-order chi connectivity index (χ0) is 9.97. The van der Waals surface area contributed by atoms with E-state index >= 15 is 0 Å². The maximum Gasteiger partial charge on any atom is 0.318 e. The molecule has 1 aliphatic carbocycles. The third-order valence-electron chi connectivity index (χ3n) is 2.58. The maximum absolute atomic E-state index is 11.1. The van der Waals surface area contributed by atoms with E-state index in [4.69, 9.17) is 0 Å². The van der Waals surface area contributed by atoms with Gasteiger partial charge >= 0.3 is 6.03 Å². The van der Waals surface area contributed by atoms with Crippen LogP contribution in [0.4, 0.5) is 10.5 Å². The van der Waals surface area contributed by atoms with E-state index < -0.39 is 0 Å². The van der Waals surface area contributed by atoms with Gasteiger partial charge in [0, 0.05) is 12.7 Å². The molecule has 14 heavy (non-hydrogen) atoms. The van der Waals surface area contributed by atoms with E-state index in [0.29, 0.717) is 0 Å². The Morgan fingerprint density at radius 1 is 1.29 bits per heavy atom. The number of carbonyl (C=O) groups excluding carboxylic acids is 1. The number of fused-ring (bicyclic) bond motifs is 1. The van der Waals surface area contributed by atoms with Gasteiger partial charge in [-0.2, -0.15) is 0 Å². The topological polar surface area (TPSA) is 41.1 Å². The summed E-state index contributed by atoms with van der Waals surface area (Å²) < 4.78 is 0. The number of urea groups is 1. The Bertz CT molecular complexity index is 360. The number of hydrogen-bond acceptors (Lipinski definition) is 1. The molecule has 0 saturated carbocycles. The molecule has 0 heterocycles. The molecule has 2 rings (SSSR count). The zero-order valence-corrected chi connectivity index (χ0v) is 8.26. The maximum atomic E-state index is 11.1. The molecule has 2 N–H and O–H groups in total. The van der Waals surface area contributed by atoms with Crippen molar-refractivity contribution in [3.8, 4) is 0 Å². The van der Waals surface area contributed by atoms with Gasteiger partial charge in [0.05, 0.1) is 0 Å². The Labute approximate surface area is 83.5 Å². The van der Waals surface area contributed by atoms with Crippen LogP contribution in [0.1, 0.15) is 17.5 Å². The summed E-state index contributed by atoms with van der Waals surface area (Å²) in [6.07, 6.45) is 3.55. The monoisotopic (exact) mass is 190 g/mol. The van der Waals surface area contributed by atoms with Gasteiger partial charge in [0.25, 0.3) is 0 Å². The molecule has 0 atom stereocenters. The molecule has 0 aliphatic heterocycles. The van der Waals surface area contributed by atoms with Crippen molar-refractivity contribution in [3.05, 3.63) is 29.3 Å². The molecular formula is C11H14N2O. The lowest BCUT2D eigenvalue weighted by Gasteiger charge is -2.06. The normalized spacial score (nSPS) is 13.5. The van der Waals surface area contributed by atoms with E-state index in [-0.39, 0.29) is 6.03 Å². The molecule has 3 nitrogen and oxygen atoms in total. The van der Waals surface area contributed by atoms with Gasteiger partial charge in [0.2, 0.25) is 0 Å². The van der Waals surface area contributed by atoms with Crippen LogP contribution < -0.4 is 10.6 Å². The quantitative estimate of drug-likeness (QED) is 0.698. The van der Waals surface area contributed by atoms with Crippen molar-refractivity contribution in [1.29, 1.82) is 0 Å². The van der Waals surface area contributed by atoms with Gasteiger partial charge in [-0.15, -0.1) is 0 Å². The van der Waals surface area contributed by atoms with E-state index in [9.17, 15) is 4.79 Å². The fraction of sp³-hybridized carbons (Fsp3) is 0.364. The molecule has 0 unspecified atom stereocenters. The Kier molecular flexibility index (Phi) is 2.39. The Morgan fingerprint density at radius 3 is 2.86 bits per heavy atom. The minimum Gasteiger partial charge on any atom is -0.341 e. The van der Waals surface area contributed by atoms with Crippen LogP contribution in [0, 0.1) is 0 Å². The number of anilines is 1. The first-order valence-corrected chi connectivity index (χ1v) is 4.90.